The molecule has 2 bridgehead atoms. The quantitative estimate of drug-likeness (QED) is 0.715. The van der Waals surface area contributed by atoms with Crippen LogP contribution in [0.2, 0.25) is 0 Å². The lowest BCUT2D eigenvalue weighted by Crippen LogP contribution is -2.72. The number of likely N-dealkylation sites (tertiary alicyclic amines) is 1. The Morgan fingerprint density at radius 1 is 1.32 bits per heavy atom. The number of phenols is 2. The molecule has 1 fully saturated rings. The smallest absolute Gasteiger partial charge is 0.161 e. The summed E-state index contributed by atoms with van der Waals surface area (Å²) in [7, 11) is 0. The average molecular weight is 343 g/mol. The van der Waals surface area contributed by atoms with E-state index in [-0.39, 0.29) is 29.7 Å². The Morgan fingerprint density at radius 2 is 2.08 bits per heavy atom. The van der Waals surface area contributed by atoms with Crippen LogP contribution in [-0.4, -0.2) is 50.7 Å². The highest BCUT2D eigenvalue weighted by molar-refractivity contribution is 5.93. The first-order chi connectivity index (χ1) is 11.8. The van der Waals surface area contributed by atoms with E-state index in [1.165, 1.54) is 12.1 Å². The predicted molar refractivity (Wildman–Crippen MR) is 93.7 cm³/mol. The third-order valence-electron chi connectivity index (χ3n) is 6.27. The molecule has 3 aliphatic rings. The van der Waals surface area contributed by atoms with Crippen LogP contribution in [0.25, 0.3) is 0 Å². The van der Waals surface area contributed by atoms with Gasteiger partial charge in [-0.05, 0) is 49.1 Å². The van der Waals surface area contributed by atoms with E-state index in [1.54, 1.807) is 6.08 Å². The van der Waals surface area contributed by atoms with Crippen molar-refractivity contribution < 1.29 is 20.1 Å². The lowest BCUT2D eigenvalue weighted by Gasteiger charge is -2.61. The Labute approximate surface area is 147 Å². The van der Waals surface area contributed by atoms with Crippen LogP contribution in [0.1, 0.15) is 37.8 Å². The first-order valence-corrected chi connectivity index (χ1v) is 9.01. The summed E-state index contributed by atoms with van der Waals surface area (Å²) in [6.45, 7) is 5.96. The molecule has 0 aromatic heterocycles. The van der Waals surface area contributed by atoms with Gasteiger partial charge in [-0.15, -0.1) is 0 Å². The molecule has 1 heterocycles. The summed E-state index contributed by atoms with van der Waals surface area (Å²) in [5.41, 5.74) is -0.602. The normalized spacial score (nSPS) is 34.1. The molecule has 3 atom stereocenters. The van der Waals surface area contributed by atoms with Crippen LogP contribution in [0.5, 0.6) is 11.5 Å². The summed E-state index contributed by atoms with van der Waals surface area (Å²) in [6, 6.07) is 3.18. The fourth-order valence-electron chi connectivity index (χ4n) is 5.28. The first kappa shape index (κ1) is 16.6. The van der Waals surface area contributed by atoms with Crippen LogP contribution in [0.4, 0.5) is 0 Å². The number of phenolic OH excluding ortho intramolecular Hbond substituents is 2. The monoisotopic (exact) mass is 343 g/mol. The number of rotatable bonds is 2. The van der Waals surface area contributed by atoms with Crippen molar-refractivity contribution in [3.63, 3.8) is 0 Å². The maximum absolute atomic E-state index is 12.3. The summed E-state index contributed by atoms with van der Waals surface area (Å²) in [6.07, 6.45) is 4.45. The fourth-order valence-corrected chi connectivity index (χ4v) is 5.28. The van der Waals surface area contributed by atoms with Gasteiger partial charge in [0, 0.05) is 30.0 Å². The van der Waals surface area contributed by atoms with E-state index >= 15 is 0 Å². The van der Waals surface area contributed by atoms with E-state index in [0.29, 0.717) is 24.3 Å². The van der Waals surface area contributed by atoms with Crippen LogP contribution in [0, 0.1) is 5.92 Å². The minimum absolute atomic E-state index is 0.0451. The number of hydrogen-bond acceptors (Lipinski definition) is 5. The zero-order valence-electron chi connectivity index (χ0n) is 14.7. The molecule has 1 aliphatic heterocycles. The molecular formula is C20H25NO4. The van der Waals surface area contributed by atoms with Gasteiger partial charge in [0.1, 0.15) is 5.60 Å². The van der Waals surface area contributed by atoms with Gasteiger partial charge in [0.05, 0.1) is 0 Å². The number of allylic oxidation sites excluding steroid dienone is 1. The first-order valence-electron chi connectivity index (χ1n) is 9.01. The van der Waals surface area contributed by atoms with E-state index in [2.05, 4.69) is 18.7 Å². The number of ketones is 1. The maximum atomic E-state index is 12.3. The van der Waals surface area contributed by atoms with Crippen molar-refractivity contribution in [3.8, 4) is 11.5 Å². The van der Waals surface area contributed by atoms with Crippen LogP contribution in [-0.2, 0) is 16.6 Å². The van der Waals surface area contributed by atoms with Crippen molar-refractivity contribution >= 4 is 5.78 Å². The van der Waals surface area contributed by atoms with Gasteiger partial charge in [0.25, 0.3) is 0 Å². The summed E-state index contributed by atoms with van der Waals surface area (Å²) in [4.78, 5) is 14.6. The maximum Gasteiger partial charge on any atom is 0.161 e. The molecule has 5 nitrogen and oxygen atoms in total. The van der Waals surface area contributed by atoms with E-state index < -0.39 is 11.0 Å². The second-order valence-electron chi connectivity index (χ2n) is 8.21. The third kappa shape index (κ3) is 2.12. The van der Waals surface area contributed by atoms with Crippen LogP contribution in [0.15, 0.2) is 24.3 Å². The number of hydrogen-bond donors (Lipinski definition) is 3. The molecule has 0 amide bonds. The number of aliphatic hydroxyl groups is 1. The summed E-state index contributed by atoms with van der Waals surface area (Å²) in [5.74, 6) is 0.0477. The lowest BCUT2D eigenvalue weighted by molar-refractivity contribution is -0.139. The second-order valence-corrected chi connectivity index (χ2v) is 8.21. The number of aromatic hydroxyl groups is 2. The molecule has 4 rings (SSSR count). The largest absolute Gasteiger partial charge is 0.504 e. The van der Waals surface area contributed by atoms with E-state index in [9.17, 15) is 20.1 Å². The highest BCUT2D eigenvalue weighted by atomic mass is 16.3. The molecule has 3 N–H and O–H groups in total. The summed E-state index contributed by atoms with van der Waals surface area (Å²) < 4.78 is 0. The van der Waals surface area contributed by atoms with Crippen LogP contribution < -0.4 is 0 Å². The van der Waals surface area contributed by atoms with Crippen LogP contribution in [0.3, 0.4) is 0 Å². The molecule has 0 spiro atoms. The zero-order chi connectivity index (χ0) is 18.0. The standard InChI is InChI=1S/C20H25NO4/c1-12(2)11-21-8-7-19-10-14(22)5-6-20(19,25)16(21)9-13-3-4-15(23)18(24)17(13)19/h3-6,12,16,23-25H,7-11H2,1-2H3/t16-,19-,20+/m0/s1. The van der Waals surface area contributed by atoms with E-state index in [1.807, 2.05) is 6.07 Å². The Balaban J connectivity index is 1.95. The van der Waals surface area contributed by atoms with Gasteiger partial charge in [-0.3, -0.25) is 9.69 Å². The number of carbonyl (C=O) groups is 1. The number of fused-ring (bicyclic) bond motifs is 1. The Morgan fingerprint density at radius 3 is 2.80 bits per heavy atom. The molecule has 1 saturated heterocycles. The lowest BCUT2D eigenvalue weighted by atomic mass is 9.51. The number of benzene rings is 1. The molecule has 1 aromatic carbocycles. The molecule has 0 unspecified atom stereocenters. The molecule has 5 heteroatoms. The Hall–Kier alpha value is -1.85. The van der Waals surface area contributed by atoms with Crippen molar-refractivity contribution in [2.75, 3.05) is 13.1 Å². The minimum atomic E-state index is -1.22. The van der Waals surface area contributed by atoms with Gasteiger partial charge in [-0.2, -0.15) is 0 Å². The Bertz CT molecular complexity index is 771. The highest BCUT2D eigenvalue weighted by Gasteiger charge is 2.64. The molecule has 2 aliphatic carbocycles. The van der Waals surface area contributed by atoms with E-state index in [4.69, 9.17) is 0 Å². The van der Waals surface area contributed by atoms with Gasteiger partial charge < -0.3 is 15.3 Å². The number of piperidine rings is 1. The molecule has 1 aromatic rings. The summed E-state index contributed by atoms with van der Waals surface area (Å²) >= 11 is 0. The van der Waals surface area contributed by atoms with Crippen molar-refractivity contribution in [3.05, 3.63) is 35.4 Å². The van der Waals surface area contributed by atoms with Crippen molar-refractivity contribution in [1.82, 2.24) is 4.90 Å². The second kappa shape index (κ2) is 5.32. The van der Waals surface area contributed by atoms with Crippen molar-refractivity contribution in [2.45, 2.75) is 50.2 Å². The fraction of sp³-hybridized carbons (Fsp3) is 0.550. The molecule has 134 valence electrons. The molecule has 25 heavy (non-hydrogen) atoms. The zero-order valence-corrected chi connectivity index (χ0v) is 14.7. The van der Waals surface area contributed by atoms with Gasteiger partial charge in [-0.1, -0.05) is 19.9 Å². The Kier molecular flexibility index (Phi) is 3.54. The molecular weight excluding hydrogens is 318 g/mol. The minimum Gasteiger partial charge on any atom is -0.504 e. The summed E-state index contributed by atoms with van der Waals surface area (Å²) in [5, 5.41) is 32.4. The van der Waals surface area contributed by atoms with E-state index in [0.717, 1.165) is 18.7 Å². The van der Waals surface area contributed by atoms with Gasteiger partial charge >= 0.3 is 0 Å². The number of carbonyl (C=O) groups excluding carboxylic acids is 1. The van der Waals surface area contributed by atoms with Crippen molar-refractivity contribution in [2.24, 2.45) is 5.92 Å². The average Bonchev–Trinajstić information content (AvgIpc) is 2.53. The van der Waals surface area contributed by atoms with Gasteiger partial charge in [0.2, 0.25) is 0 Å². The SMILES string of the molecule is CC(C)CN1CC[C@@]23CC(=O)C=C[C@@]2(O)[C@@H]1Cc1ccc(O)c(O)c13. The number of nitrogens with zero attached hydrogens (tertiary/aromatic N) is 1. The van der Waals surface area contributed by atoms with Crippen LogP contribution >= 0.6 is 0 Å². The molecule has 0 radical (unpaired) electrons. The van der Waals surface area contributed by atoms with Gasteiger partial charge in [0.15, 0.2) is 17.3 Å². The van der Waals surface area contributed by atoms with Gasteiger partial charge in [-0.25, -0.2) is 0 Å². The predicted octanol–water partition coefficient (Wildman–Crippen LogP) is 1.88. The highest BCUT2D eigenvalue weighted by Crippen LogP contribution is 2.58. The van der Waals surface area contributed by atoms with Crippen molar-refractivity contribution in [1.29, 1.82) is 0 Å². The third-order valence-corrected chi connectivity index (χ3v) is 6.27. The topological polar surface area (TPSA) is 81.0 Å². The molecule has 0 saturated carbocycles.